The Morgan fingerprint density at radius 1 is 0.650 bits per heavy atom. The number of alkyl halides is 2. The summed E-state index contributed by atoms with van der Waals surface area (Å²) in [6, 6.07) is 13.4. The van der Waals surface area contributed by atoms with Gasteiger partial charge in [0.2, 0.25) is 11.8 Å². The zero-order valence-corrected chi connectivity index (χ0v) is 24.5. The minimum absolute atomic E-state index is 0.0355. The number of esters is 2. The van der Waals surface area contributed by atoms with Crippen molar-refractivity contribution in [3.05, 3.63) is 70.8 Å². The molecule has 216 valence electrons. The van der Waals surface area contributed by atoms with Crippen molar-refractivity contribution < 1.29 is 28.7 Å². The maximum absolute atomic E-state index is 12.6. The number of amides is 2. The summed E-state index contributed by atoms with van der Waals surface area (Å²) in [5.74, 6) is -1.25. The van der Waals surface area contributed by atoms with Gasteiger partial charge in [0.15, 0.2) is 11.1 Å². The van der Waals surface area contributed by atoms with Crippen LogP contribution in [0.25, 0.3) is 0 Å². The highest BCUT2D eigenvalue weighted by atomic mass is 35.5. The van der Waals surface area contributed by atoms with Crippen molar-refractivity contribution in [3.8, 4) is 0 Å². The zero-order valence-electron chi connectivity index (χ0n) is 23.0. The van der Waals surface area contributed by atoms with Crippen LogP contribution in [0.15, 0.2) is 58.8 Å². The van der Waals surface area contributed by atoms with E-state index in [1.54, 1.807) is 76.2 Å². The molecule has 0 aromatic heterocycles. The second-order valence-electron chi connectivity index (χ2n) is 9.76. The molecule has 40 heavy (non-hydrogen) atoms. The summed E-state index contributed by atoms with van der Waals surface area (Å²) in [7, 11) is 0. The van der Waals surface area contributed by atoms with Gasteiger partial charge in [0.25, 0.3) is 0 Å². The van der Waals surface area contributed by atoms with Crippen LogP contribution in [-0.4, -0.2) is 61.1 Å². The highest BCUT2D eigenvalue weighted by Gasteiger charge is 2.32. The Morgan fingerprint density at radius 2 is 0.975 bits per heavy atom. The average Bonchev–Trinajstić information content (AvgIpc) is 2.96. The molecule has 0 saturated carbocycles. The van der Waals surface area contributed by atoms with E-state index in [1.165, 1.54) is 0 Å². The third kappa shape index (κ3) is 10.2. The summed E-state index contributed by atoms with van der Waals surface area (Å²) in [4.78, 5) is 49.4. The molecule has 10 nitrogen and oxygen atoms in total. The van der Waals surface area contributed by atoms with Gasteiger partial charge in [-0.3, -0.25) is 9.59 Å². The third-order valence-electron chi connectivity index (χ3n) is 5.59. The van der Waals surface area contributed by atoms with Crippen LogP contribution in [0.2, 0.25) is 0 Å². The Bertz CT molecular complexity index is 1100. The van der Waals surface area contributed by atoms with Gasteiger partial charge in [-0.05, 0) is 63.1 Å². The molecule has 2 rings (SSSR count). The van der Waals surface area contributed by atoms with Crippen LogP contribution in [0.5, 0.6) is 0 Å². The molecule has 0 heterocycles. The molecule has 0 spiro atoms. The number of hydrogen-bond donors (Lipinski definition) is 2. The summed E-state index contributed by atoms with van der Waals surface area (Å²) >= 11 is 11.5. The van der Waals surface area contributed by atoms with E-state index in [-0.39, 0.29) is 26.3 Å². The standard InChI is InChI=1S/C28H34Cl2N4O6/c1-27(2,25(37)31-13-15-39-23(35)21-9-5-19(17-29)6-10-21)33-34-28(3,4)26(38)32-14-16-40-24(36)22-11-7-20(18-30)8-12-22/h5-12H,13-18H2,1-4H3,(H,31,37)(H,32,38). The molecular formula is C28H34Cl2N4O6. The van der Waals surface area contributed by atoms with E-state index < -0.39 is 34.8 Å². The normalized spacial score (nSPS) is 11.7. The number of hydrogen-bond acceptors (Lipinski definition) is 8. The Kier molecular flexibility index (Phi) is 12.5. The highest BCUT2D eigenvalue weighted by molar-refractivity contribution is 6.17. The molecule has 0 bridgehead atoms. The lowest BCUT2D eigenvalue weighted by molar-refractivity contribution is -0.127. The van der Waals surface area contributed by atoms with Crippen molar-refractivity contribution >= 4 is 47.0 Å². The Labute approximate surface area is 243 Å². The molecule has 2 amide bonds. The number of ether oxygens (including phenoxy) is 2. The van der Waals surface area contributed by atoms with Gasteiger partial charge < -0.3 is 20.1 Å². The number of carbonyl (C=O) groups is 4. The molecule has 0 unspecified atom stereocenters. The van der Waals surface area contributed by atoms with E-state index in [4.69, 9.17) is 32.7 Å². The number of rotatable bonds is 14. The van der Waals surface area contributed by atoms with Crippen molar-refractivity contribution in [2.45, 2.75) is 50.5 Å². The van der Waals surface area contributed by atoms with Gasteiger partial charge in [0, 0.05) is 11.8 Å². The lowest BCUT2D eigenvalue weighted by atomic mass is 10.0. The van der Waals surface area contributed by atoms with Crippen LogP contribution in [0.4, 0.5) is 0 Å². The predicted octanol–water partition coefficient (Wildman–Crippen LogP) is 4.42. The summed E-state index contributed by atoms with van der Waals surface area (Å²) < 4.78 is 10.4. The summed E-state index contributed by atoms with van der Waals surface area (Å²) in [5, 5.41) is 13.4. The molecule has 0 aliphatic carbocycles. The van der Waals surface area contributed by atoms with E-state index in [0.29, 0.717) is 22.9 Å². The van der Waals surface area contributed by atoms with Crippen LogP contribution in [0.1, 0.15) is 59.5 Å². The topological polar surface area (TPSA) is 136 Å². The van der Waals surface area contributed by atoms with Gasteiger partial charge >= 0.3 is 11.9 Å². The number of carbonyl (C=O) groups excluding carboxylic acids is 4. The minimum atomic E-state index is -1.28. The quantitative estimate of drug-likeness (QED) is 0.144. The van der Waals surface area contributed by atoms with E-state index in [9.17, 15) is 19.2 Å². The molecule has 0 aliphatic heterocycles. The molecular weight excluding hydrogens is 559 g/mol. The Balaban J connectivity index is 1.74. The minimum Gasteiger partial charge on any atom is -0.460 e. The molecule has 0 radical (unpaired) electrons. The second kappa shape index (κ2) is 15.3. The van der Waals surface area contributed by atoms with Crippen LogP contribution >= 0.6 is 23.2 Å². The van der Waals surface area contributed by atoms with Gasteiger partial charge in [-0.1, -0.05) is 24.3 Å². The third-order valence-corrected chi connectivity index (χ3v) is 6.21. The number of nitrogens with zero attached hydrogens (tertiary/aromatic N) is 2. The predicted molar refractivity (Wildman–Crippen MR) is 152 cm³/mol. The van der Waals surface area contributed by atoms with E-state index >= 15 is 0 Å². The van der Waals surface area contributed by atoms with Gasteiger partial charge in [-0.2, -0.15) is 10.2 Å². The van der Waals surface area contributed by atoms with Crippen LogP contribution in [0, 0.1) is 0 Å². The van der Waals surface area contributed by atoms with E-state index in [2.05, 4.69) is 20.9 Å². The van der Waals surface area contributed by atoms with Crippen molar-refractivity contribution in [1.29, 1.82) is 0 Å². The van der Waals surface area contributed by atoms with Crippen LogP contribution < -0.4 is 10.6 Å². The molecule has 0 atom stereocenters. The van der Waals surface area contributed by atoms with Crippen molar-refractivity contribution in [1.82, 2.24) is 10.6 Å². The maximum atomic E-state index is 12.6. The maximum Gasteiger partial charge on any atom is 0.338 e. The molecule has 2 aromatic carbocycles. The van der Waals surface area contributed by atoms with E-state index in [1.807, 2.05) is 0 Å². The van der Waals surface area contributed by atoms with Crippen LogP contribution in [-0.2, 0) is 30.8 Å². The lowest BCUT2D eigenvalue weighted by Gasteiger charge is -2.22. The number of azo groups is 1. The average molecular weight is 594 g/mol. The lowest BCUT2D eigenvalue weighted by Crippen LogP contribution is -2.44. The zero-order chi connectivity index (χ0) is 29.8. The van der Waals surface area contributed by atoms with E-state index in [0.717, 1.165) is 11.1 Å². The Morgan fingerprint density at radius 3 is 1.27 bits per heavy atom. The van der Waals surface area contributed by atoms with Gasteiger partial charge in [0.1, 0.15) is 13.2 Å². The molecule has 12 heteroatoms. The molecule has 2 N–H and O–H groups in total. The smallest absolute Gasteiger partial charge is 0.338 e. The van der Waals surface area contributed by atoms with Crippen molar-refractivity contribution in [2.24, 2.45) is 10.2 Å². The molecule has 0 fully saturated rings. The molecule has 0 saturated heterocycles. The fourth-order valence-corrected chi connectivity index (χ4v) is 3.37. The molecule has 0 aliphatic rings. The summed E-state index contributed by atoms with van der Waals surface area (Å²) in [5.41, 5.74) is -0.0420. The Hall–Kier alpha value is -3.50. The first-order chi connectivity index (χ1) is 18.9. The van der Waals surface area contributed by atoms with Crippen molar-refractivity contribution in [2.75, 3.05) is 26.3 Å². The number of benzene rings is 2. The first kappa shape index (κ1) is 32.7. The van der Waals surface area contributed by atoms with Crippen LogP contribution in [0.3, 0.4) is 0 Å². The molecule has 2 aromatic rings. The number of nitrogens with one attached hydrogen (secondary N) is 2. The summed E-state index contributed by atoms with van der Waals surface area (Å²) in [6.45, 7) is 6.25. The largest absolute Gasteiger partial charge is 0.460 e. The fourth-order valence-electron chi connectivity index (χ4n) is 3.02. The second-order valence-corrected chi connectivity index (χ2v) is 10.3. The first-order valence-electron chi connectivity index (χ1n) is 12.5. The number of halogens is 2. The first-order valence-corrected chi connectivity index (χ1v) is 13.6. The summed E-state index contributed by atoms with van der Waals surface area (Å²) in [6.07, 6.45) is 0. The van der Waals surface area contributed by atoms with Gasteiger partial charge in [0.05, 0.1) is 24.2 Å². The van der Waals surface area contributed by atoms with Gasteiger partial charge in [-0.25, -0.2) is 9.59 Å². The fraction of sp³-hybridized carbons (Fsp3) is 0.429. The highest BCUT2D eigenvalue weighted by Crippen LogP contribution is 2.17. The van der Waals surface area contributed by atoms with Crippen molar-refractivity contribution in [3.63, 3.8) is 0 Å². The SMILES string of the molecule is CC(C)(N=NC(C)(C)C(=O)NCCOC(=O)c1ccc(CCl)cc1)C(=O)NCCOC(=O)c1ccc(CCl)cc1. The van der Waals surface area contributed by atoms with Gasteiger partial charge in [-0.15, -0.1) is 23.2 Å². The monoisotopic (exact) mass is 592 g/mol.